The summed E-state index contributed by atoms with van der Waals surface area (Å²) in [6, 6.07) is 17.5. The molecule has 9 heteroatoms. The van der Waals surface area contributed by atoms with Crippen molar-refractivity contribution >= 4 is 39.9 Å². The first kappa shape index (κ1) is 25.5. The molecule has 198 valence electrons. The van der Waals surface area contributed by atoms with Crippen molar-refractivity contribution in [1.82, 2.24) is 19.9 Å². The molecule has 0 aliphatic carbocycles. The summed E-state index contributed by atoms with van der Waals surface area (Å²) in [4.78, 5) is 30.1. The molecule has 0 radical (unpaired) electrons. The Morgan fingerprint density at radius 1 is 1.13 bits per heavy atom. The number of nitrogens with zero attached hydrogens (tertiary/aromatic N) is 3. The van der Waals surface area contributed by atoms with Gasteiger partial charge in [-0.05, 0) is 74.2 Å². The van der Waals surface area contributed by atoms with E-state index >= 15 is 0 Å². The number of halogens is 2. The largest absolute Gasteiger partial charge is 0.496 e. The number of H-pyrrole nitrogens is 1. The summed E-state index contributed by atoms with van der Waals surface area (Å²) in [6.45, 7) is 4.55. The van der Waals surface area contributed by atoms with Crippen molar-refractivity contribution in [2.24, 2.45) is 0 Å². The van der Waals surface area contributed by atoms with E-state index in [1.165, 1.54) is 23.5 Å². The molecule has 39 heavy (non-hydrogen) atoms. The van der Waals surface area contributed by atoms with Crippen LogP contribution in [-0.2, 0) is 5.54 Å². The smallest absolute Gasteiger partial charge is 0.274 e. The van der Waals surface area contributed by atoms with Crippen molar-refractivity contribution in [3.63, 3.8) is 0 Å². The average Bonchev–Trinajstić information content (AvgIpc) is 3.68. The van der Waals surface area contributed by atoms with Gasteiger partial charge in [0, 0.05) is 11.6 Å². The summed E-state index contributed by atoms with van der Waals surface area (Å²) < 4.78 is 19.4. The number of hydrogen-bond acceptors (Lipinski definition) is 5. The summed E-state index contributed by atoms with van der Waals surface area (Å²) in [6.07, 6.45) is 1.58. The number of methoxy groups -OCH3 is 1. The second-order valence-electron chi connectivity index (χ2n) is 9.89. The number of aryl methyl sites for hydroxylation is 1. The predicted octanol–water partition coefficient (Wildman–Crippen LogP) is 7.61. The third kappa shape index (κ3) is 4.28. The van der Waals surface area contributed by atoms with Crippen LogP contribution < -0.4 is 4.74 Å². The number of amides is 1. The van der Waals surface area contributed by atoms with Crippen LogP contribution in [0.15, 0.2) is 60.7 Å². The number of para-hydroxylation sites is 1. The lowest BCUT2D eigenvalue weighted by molar-refractivity contribution is 0.0601. The minimum atomic E-state index is -0.663. The molecule has 6 rings (SSSR count). The van der Waals surface area contributed by atoms with Crippen LogP contribution >= 0.6 is 22.9 Å². The van der Waals surface area contributed by atoms with Crippen LogP contribution in [0.4, 0.5) is 4.39 Å². The molecule has 1 aliphatic heterocycles. The van der Waals surface area contributed by atoms with E-state index < -0.39 is 5.54 Å². The molecule has 0 saturated carbocycles. The van der Waals surface area contributed by atoms with E-state index in [-0.39, 0.29) is 11.7 Å². The van der Waals surface area contributed by atoms with Gasteiger partial charge in [-0.2, -0.15) is 0 Å². The summed E-state index contributed by atoms with van der Waals surface area (Å²) in [5.74, 6) is 0.853. The van der Waals surface area contributed by atoms with Crippen LogP contribution in [0.3, 0.4) is 0 Å². The van der Waals surface area contributed by atoms with E-state index in [2.05, 4.69) is 4.98 Å². The van der Waals surface area contributed by atoms with E-state index in [4.69, 9.17) is 26.3 Å². The fourth-order valence-corrected chi connectivity index (χ4v) is 6.55. The zero-order valence-corrected chi connectivity index (χ0v) is 23.3. The molecule has 2 aromatic heterocycles. The van der Waals surface area contributed by atoms with Gasteiger partial charge in [0.25, 0.3) is 5.91 Å². The molecule has 1 amide bonds. The topological polar surface area (TPSA) is 71.1 Å². The molecule has 1 fully saturated rings. The Kier molecular flexibility index (Phi) is 6.40. The third-order valence-electron chi connectivity index (χ3n) is 7.51. The number of imidazole rings is 1. The third-order valence-corrected chi connectivity index (χ3v) is 9.06. The average molecular weight is 561 g/mol. The maximum atomic E-state index is 14.3. The van der Waals surface area contributed by atoms with Gasteiger partial charge in [-0.3, -0.25) is 4.79 Å². The van der Waals surface area contributed by atoms with E-state index in [0.717, 1.165) is 46.4 Å². The summed E-state index contributed by atoms with van der Waals surface area (Å²) >= 11 is 7.74. The SMILES string of the molecule is COc1ccccc1-c1nc(C(=O)N2CCC[C@@]2(C)c2nc3c(C)c(Cl)ccc3[nH]2)c(-c2ccc(F)cc2)s1. The number of rotatable bonds is 5. The van der Waals surface area contributed by atoms with E-state index in [0.29, 0.717) is 32.9 Å². The lowest BCUT2D eigenvalue weighted by Crippen LogP contribution is -2.44. The van der Waals surface area contributed by atoms with Crippen LogP contribution in [0.5, 0.6) is 5.75 Å². The summed E-state index contributed by atoms with van der Waals surface area (Å²) in [5, 5.41) is 1.31. The minimum Gasteiger partial charge on any atom is -0.496 e. The number of likely N-dealkylation sites (tertiary alicyclic amines) is 1. The Morgan fingerprint density at radius 3 is 2.67 bits per heavy atom. The molecule has 0 bridgehead atoms. The second-order valence-corrected chi connectivity index (χ2v) is 11.3. The fraction of sp³-hybridized carbons (Fsp3) is 0.233. The minimum absolute atomic E-state index is 0.193. The van der Waals surface area contributed by atoms with E-state index in [9.17, 15) is 9.18 Å². The van der Waals surface area contributed by atoms with Crippen LogP contribution in [0, 0.1) is 12.7 Å². The number of nitrogens with one attached hydrogen (secondary N) is 1. The van der Waals surface area contributed by atoms with Crippen LogP contribution in [0.25, 0.3) is 32.0 Å². The monoisotopic (exact) mass is 560 g/mol. The summed E-state index contributed by atoms with van der Waals surface area (Å²) in [7, 11) is 1.61. The molecule has 0 unspecified atom stereocenters. The first-order valence-corrected chi connectivity index (χ1v) is 13.9. The number of fused-ring (bicyclic) bond motifs is 1. The highest BCUT2D eigenvalue weighted by molar-refractivity contribution is 7.18. The Bertz CT molecular complexity index is 1710. The highest BCUT2D eigenvalue weighted by atomic mass is 35.5. The highest BCUT2D eigenvalue weighted by Crippen LogP contribution is 2.43. The number of aromatic nitrogens is 3. The fourth-order valence-electron chi connectivity index (χ4n) is 5.30. The zero-order chi connectivity index (χ0) is 27.3. The lowest BCUT2D eigenvalue weighted by Gasteiger charge is -2.33. The number of aromatic amines is 1. The van der Waals surface area contributed by atoms with Crippen LogP contribution in [0.2, 0.25) is 5.02 Å². The number of carbonyl (C=O) groups excluding carboxylic acids is 1. The molecular weight excluding hydrogens is 535 g/mol. The van der Waals surface area contributed by atoms with E-state index in [1.54, 1.807) is 19.2 Å². The Labute approximate surface area is 234 Å². The molecule has 3 aromatic carbocycles. The molecule has 1 N–H and O–H groups in total. The van der Waals surface area contributed by atoms with E-state index in [1.807, 2.05) is 55.1 Å². The molecular formula is C30H26ClFN4O2S. The molecule has 3 heterocycles. The van der Waals surface area contributed by atoms with Crippen molar-refractivity contribution in [3.05, 3.63) is 88.6 Å². The predicted molar refractivity (Wildman–Crippen MR) is 153 cm³/mol. The maximum absolute atomic E-state index is 14.3. The number of hydrogen-bond donors (Lipinski definition) is 1. The highest BCUT2D eigenvalue weighted by Gasteiger charge is 2.45. The molecule has 0 spiro atoms. The van der Waals surface area contributed by atoms with Crippen molar-refractivity contribution < 1.29 is 13.9 Å². The normalized spacial score (nSPS) is 17.2. The Hall–Kier alpha value is -3.75. The number of thiazole rings is 1. The molecule has 1 atom stereocenters. The van der Waals surface area contributed by atoms with Crippen molar-refractivity contribution in [2.75, 3.05) is 13.7 Å². The second kappa shape index (κ2) is 9.77. The molecule has 1 aliphatic rings. The van der Waals surface area contributed by atoms with Gasteiger partial charge in [0.05, 0.1) is 34.1 Å². The van der Waals surface area contributed by atoms with Crippen LogP contribution in [0.1, 0.15) is 41.6 Å². The quantitative estimate of drug-likeness (QED) is 0.240. The van der Waals surface area contributed by atoms with Crippen molar-refractivity contribution in [3.8, 4) is 26.8 Å². The molecule has 6 nitrogen and oxygen atoms in total. The molecule has 5 aromatic rings. The van der Waals surface area contributed by atoms with Gasteiger partial charge in [0.1, 0.15) is 28.1 Å². The Morgan fingerprint density at radius 2 is 1.90 bits per heavy atom. The van der Waals surface area contributed by atoms with Gasteiger partial charge in [-0.1, -0.05) is 35.9 Å². The van der Waals surface area contributed by atoms with Gasteiger partial charge in [-0.25, -0.2) is 14.4 Å². The van der Waals surface area contributed by atoms with Gasteiger partial charge in [-0.15, -0.1) is 11.3 Å². The Balaban J connectivity index is 1.46. The van der Waals surface area contributed by atoms with Crippen LogP contribution in [-0.4, -0.2) is 39.4 Å². The number of carbonyl (C=O) groups is 1. The van der Waals surface area contributed by atoms with Crippen molar-refractivity contribution in [2.45, 2.75) is 32.2 Å². The number of ether oxygens (including phenoxy) is 1. The maximum Gasteiger partial charge on any atom is 0.274 e. The van der Waals surface area contributed by atoms with Gasteiger partial charge in [0.2, 0.25) is 0 Å². The summed E-state index contributed by atoms with van der Waals surface area (Å²) in [5.41, 5.74) is 3.77. The number of benzene rings is 3. The standard InChI is InChI=1S/C30H26ClFN4O2S/c1-17-21(31)13-14-22-24(17)35-29(33-22)30(2)15-6-16-36(30)28(37)25-26(18-9-11-19(32)12-10-18)39-27(34-25)20-7-4-5-8-23(20)38-3/h4-5,7-14H,6,15-16H2,1-3H3,(H,33,35)/t30-/m0/s1. The lowest BCUT2D eigenvalue weighted by atomic mass is 9.97. The van der Waals surface area contributed by atoms with Gasteiger partial charge in [0.15, 0.2) is 0 Å². The van der Waals surface area contributed by atoms with Crippen molar-refractivity contribution in [1.29, 1.82) is 0 Å². The first-order valence-electron chi connectivity index (χ1n) is 12.7. The van der Waals surface area contributed by atoms with Gasteiger partial charge < -0.3 is 14.6 Å². The van der Waals surface area contributed by atoms with Gasteiger partial charge >= 0.3 is 0 Å². The first-order chi connectivity index (χ1) is 18.8. The zero-order valence-electron chi connectivity index (χ0n) is 21.7. The molecule has 1 saturated heterocycles.